The van der Waals surface area contributed by atoms with E-state index in [1.807, 2.05) is 0 Å². The Morgan fingerprint density at radius 2 is 1.73 bits per heavy atom. The van der Waals surface area contributed by atoms with Crippen molar-refractivity contribution in [2.75, 3.05) is 0 Å². The number of nitrogens with one attached hydrogen (secondary N) is 1. The SMILES string of the molecule is CC(C)C(C)NC1(C(=O)O)CCCCC1. The van der Waals surface area contributed by atoms with Crippen LogP contribution in [0.5, 0.6) is 0 Å². The van der Waals surface area contributed by atoms with Gasteiger partial charge < -0.3 is 5.11 Å². The molecule has 0 bridgehead atoms. The van der Waals surface area contributed by atoms with Crippen molar-refractivity contribution in [1.29, 1.82) is 0 Å². The van der Waals surface area contributed by atoms with Crippen LogP contribution >= 0.6 is 0 Å². The minimum atomic E-state index is -0.672. The molecular weight excluding hydrogens is 190 g/mol. The van der Waals surface area contributed by atoms with Gasteiger partial charge in [-0.25, -0.2) is 0 Å². The van der Waals surface area contributed by atoms with Crippen LogP contribution < -0.4 is 5.32 Å². The second kappa shape index (κ2) is 4.97. The summed E-state index contributed by atoms with van der Waals surface area (Å²) >= 11 is 0. The summed E-state index contributed by atoms with van der Waals surface area (Å²) in [5.74, 6) is -0.196. The van der Waals surface area contributed by atoms with Crippen molar-refractivity contribution in [3.63, 3.8) is 0 Å². The normalized spacial score (nSPS) is 22.7. The van der Waals surface area contributed by atoms with E-state index in [9.17, 15) is 9.90 Å². The van der Waals surface area contributed by atoms with Crippen molar-refractivity contribution in [3.8, 4) is 0 Å². The highest BCUT2D eigenvalue weighted by molar-refractivity contribution is 5.79. The van der Waals surface area contributed by atoms with Crippen LogP contribution in [0.15, 0.2) is 0 Å². The maximum atomic E-state index is 11.4. The van der Waals surface area contributed by atoms with E-state index in [-0.39, 0.29) is 6.04 Å². The molecule has 0 radical (unpaired) electrons. The zero-order valence-electron chi connectivity index (χ0n) is 10.0. The van der Waals surface area contributed by atoms with Gasteiger partial charge in [-0.3, -0.25) is 10.1 Å². The molecule has 1 atom stereocenters. The van der Waals surface area contributed by atoms with Gasteiger partial charge in [0.25, 0.3) is 0 Å². The van der Waals surface area contributed by atoms with Crippen LogP contribution in [0.1, 0.15) is 52.9 Å². The van der Waals surface area contributed by atoms with Gasteiger partial charge in [0.2, 0.25) is 0 Å². The van der Waals surface area contributed by atoms with Crippen LogP contribution in [-0.2, 0) is 4.79 Å². The number of carboxylic acids is 1. The minimum absolute atomic E-state index is 0.263. The summed E-state index contributed by atoms with van der Waals surface area (Å²) in [6.07, 6.45) is 4.79. The molecule has 0 spiro atoms. The Morgan fingerprint density at radius 3 is 2.13 bits per heavy atom. The van der Waals surface area contributed by atoms with E-state index in [2.05, 4.69) is 26.1 Å². The summed E-state index contributed by atoms with van der Waals surface area (Å²) in [5, 5.41) is 12.7. The summed E-state index contributed by atoms with van der Waals surface area (Å²) in [7, 11) is 0. The Bertz CT molecular complexity index is 220. The topological polar surface area (TPSA) is 49.3 Å². The Kier molecular flexibility index (Phi) is 4.14. The average Bonchev–Trinajstić information content (AvgIpc) is 2.18. The van der Waals surface area contributed by atoms with Gasteiger partial charge in [-0.2, -0.15) is 0 Å². The smallest absolute Gasteiger partial charge is 0.323 e. The average molecular weight is 213 g/mol. The molecule has 3 nitrogen and oxygen atoms in total. The third-order valence-electron chi connectivity index (χ3n) is 3.62. The van der Waals surface area contributed by atoms with Crippen molar-refractivity contribution in [1.82, 2.24) is 5.32 Å². The third-order valence-corrected chi connectivity index (χ3v) is 3.62. The van der Waals surface area contributed by atoms with Crippen LogP contribution in [0.3, 0.4) is 0 Å². The lowest BCUT2D eigenvalue weighted by atomic mass is 9.80. The Morgan fingerprint density at radius 1 is 1.20 bits per heavy atom. The van der Waals surface area contributed by atoms with Crippen LogP contribution in [-0.4, -0.2) is 22.7 Å². The van der Waals surface area contributed by atoms with Crippen LogP contribution in [0.25, 0.3) is 0 Å². The molecule has 0 aromatic carbocycles. The molecule has 0 saturated heterocycles. The van der Waals surface area contributed by atoms with E-state index in [0.717, 1.165) is 25.7 Å². The lowest BCUT2D eigenvalue weighted by Crippen LogP contribution is -2.57. The highest BCUT2D eigenvalue weighted by atomic mass is 16.4. The van der Waals surface area contributed by atoms with Gasteiger partial charge in [-0.15, -0.1) is 0 Å². The van der Waals surface area contributed by atoms with Crippen LogP contribution in [0.4, 0.5) is 0 Å². The van der Waals surface area contributed by atoms with Gasteiger partial charge in [0.15, 0.2) is 0 Å². The standard InChI is InChI=1S/C12H23NO2/c1-9(2)10(3)13-12(11(14)15)7-5-4-6-8-12/h9-10,13H,4-8H2,1-3H3,(H,14,15). The molecule has 0 amide bonds. The van der Waals surface area contributed by atoms with Gasteiger partial charge in [0.1, 0.15) is 5.54 Å². The molecule has 1 aliphatic carbocycles. The summed E-state index contributed by atoms with van der Waals surface area (Å²) < 4.78 is 0. The highest BCUT2D eigenvalue weighted by Gasteiger charge is 2.40. The van der Waals surface area contributed by atoms with Gasteiger partial charge >= 0.3 is 5.97 Å². The predicted molar refractivity (Wildman–Crippen MR) is 60.9 cm³/mol. The number of carboxylic acid groups (broad SMARTS) is 1. The molecular formula is C12H23NO2. The largest absolute Gasteiger partial charge is 0.480 e. The monoisotopic (exact) mass is 213 g/mol. The fourth-order valence-electron chi connectivity index (χ4n) is 2.18. The number of aliphatic carboxylic acids is 1. The molecule has 88 valence electrons. The van der Waals surface area contributed by atoms with Crippen molar-refractivity contribution < 1.29 is 9.90 Å². The maximum absolute atomic E-state index is 11.4. The summed E-state index contributed by atoms with van der Waals surface area (Å²) in [6.45, 7) is 6.32. The molecule has 1 fully saturated rings. The number of hydrogen-bond acceptors (Lipinski definition) is 2. The van der Waals surface area contributed by atoms with Gasteiger partial charge in [-0.1, -0.05) is 33.1 Å². The molecule has 3 heteroatoms. The number of carbonyl (C=O) groups is 1. The molecule has 1 rings (SSSR count). The lowest BCUT2D eigenvalue weighted by molar-refractivity contribution is -0.147. The van der Waals surface area contributed by atoms with E-state index in [0.29, 0.717) is 5.92 Å². The molecule has 2 N–H and O–H groups in total. The Hall–Kier alpha value is -0.570. The quantitative estimate of drug-likeness (QED) is 0.754. The zero-order valence-corrected chi connectivity index (χ0v) is 10.0. The fourth-order valence-corrected chi connectivity index (χ4v) is 2.18. The Balaban J connectivity index is 2.68. The molecule has 0 aromatic rings. The van der Waals surface area contributed by atoms with Gasteiger partial charge in [0.05, 0.1) is 0 Å². The molecule has 0 aromatic heterocycles. The molecule has 0 aliphatic heterocycles. The first-order chi connectivity index (χ1) is 6.98. The van der Waals surface area contributed by atoms with E-state index in [4.69, 9.17) is 0 Å². The van der Waals surface area contributed by atoms with Crippen LogP contribution in [0, 0.1) is 5.92 Å². The van der Waals surface area contributed by atoms with E-state index in [1.165, 1.54) is 6.42 Å². The first-order valence-corrected chi connectivity index (χ1v) is 5.99. The van der Waals surface area contributed by atoms with E-state index < -0.39 is 11.5 Å². The predicted octanol–water partition coefficient (Wildman–Crippen LogP) is 2.41. The second-order valence-corrected chi connectivity index (χ2v) is 5.12. The maximum Gasteiger partial charge on any atom is 0.323 e. The minimum Gasteiger partial charge on any atom is -0.480 e. The van der Waals surface area contributed by atoms with Crippen molar-refractivity contribution in [3.05, 3.63) is 0 Å². The second-order valence-electron chi connectivity index (χ2n) is 5.12. The first kappa shape index (κ1) is 12.5. The first-order valence-electron chi connectivity index (χ1n) is 5.99. The molecule has 1 saturated carbocycles. The number of hydrogen-bond donors (Lipinski definition) is 2. The third kappa shape index (κ3) is 2.94. The number of rotatable bonds is 4. The zero-order chi connectivity index (χ0) is 11.5. The van der Waals surface area contributed by atoms with E-state index in [1.54, 1.807) is 0 Å². The molecule has 1 aliphatic rings. The van der Waals surface area contributed by atoms with Gasteiger partial charge in [0, 0.05) is 6.04 Å². The summed E-state index contributed by atoms with van der Waals surface area (Å²) in [6, 6.07) is 0.263. The summed E-state index contributed by atoms with van der Waals surface area (Å²) in [5.41, 5.74) is -0.651. The molecule has 1 unspecified atom stereocenters. The van der Waals surface area contributed by atoms with Crippen molar-refractivity contribution >= 4 is 5.97 Å². The Labute approximate surface area is 92.3 Å². The van der Waals surface area contributed by atoms with Gasteiger partial charge in [-0.05, 0) is 25.7 Å². The molecule has 15 heavy (non-hydrogen) atoms. The molecule has 0 heterocycles. The van der Waals surface area contributed by atoms with Crippen molar-refractivity contribution in [2.24, 2.45) is 5.92 Å². The highest BCUT2D eigenvalue weighted by Crippen LogP contribution is 2.29. The fraction of sp³-hybridized carbons (Fsp3) is 0.917. The van der Waals surface area contributed by atoms with E-state index >= 15 is 0 Å². The summed E-state index contributed by atoms with van der Waals surface area (Å²) in [4.78, 5) is 11.4. The van der Waals surface area contributed by atoms with Crippen molar-refractivity contribution in [2.45, 2.75) is 64.5 Å². The van der Waals surface area contributed by atoms with Crippen LogP contribution in [0.2, 0.25) is 0 Å². The lowest BCUT2D eigenvalue weighted by Gasteiger charge is -2.37.